The van der Waals surface area contributed by atoms with E-state index in [1.807, 2.05) is 45.0 Å². The molecule has 0 spiro atoms. The second-order valence-electron chi connectivity index (χ2n) is 5.79. The maximum Gasteiger partial charge on any atom is 0.256 e. The fourth-order valence-corrected chi connectivity index (χ4v) is 2.34. The molecule has 0 saturated heterocycles. The van der Waals surface area contributed by atoms with Gasteiger partial charge in [0.1, 0.15) is 18.0 Å². The van der Waals surface area contributed by atoms with E-state index in [9.17, 15) is 4.79 Å². The summed E-state index contributed by atoms with van der Waals surface area (Å²) in [5.41, 5.74) is -0.0585. The zero-order chi connectivity index (χ0) is 17.8. The topological polar surface area (TPSA) is 56.8 Å². The van der Waals surface area contributed by atoms with Gasteiger partial charge in [-0.05, 0) is 51.5 Å². The average molecular weight is 337 g/mol. The number of rotatable bonds is 12. The molecule has 0 aliphatic heterocycles. The Labute approximate surface area is 145 Å². The summed E-state index contributed by atoms with van der Waals surface area (Å²) >= 11 is 0. The van der Waals surface area contributed by atoms with Gasteiger partial charge in [0.2, 0.25) is 0 Å². The SMILES string of the molecule is CCCCC(C)(OCC)C(=O)Nc1ccc(OCCOCC)cc1. The Morgan fingerprint density at radius 1 is 1.08 bits per heavy atom. The van der Waals surface area contributed by atoms with E-state index in [0.29, 0.717) is 32.8 Å². The molecule has 1 N–H and O–H groups in total. The minimum Gasteiger partial charge on any atom is -0.491 e. The monoisotopic (exact) mass is 337 g/mol. The summed E-state index contributed by atoms with van der Waals surface area (Å²) in [6.07, 6.45) is 2.70. The fraction of sp³-hybridized carbons (Fsp3) is 0.632. The van der Waals surface area contributed by atoms with Gasteiger partial charge in [-0.2, -0.15) is 0 Å². The van der Waals surface area contributed by atoms with Crippen LogP contribution in [0.25, 0.3) is 0 Å². The van der Waals surface area contributed by atoms with Gasteiger partial charge in [0.25, 0.3) is 5.91 Å². The molecule has 5 heteroatoms. The van der Waals surface area contributed by atoms with Crippen LogP contribution >= 0.6 is 0 Å². The molecule has 136 valence electrons. The van der Waals surface area contributed by atoms with Crippen molar-refractivity contribution in [3.63, 3.8) is 0 Å². The lowest BCUT2D eigenvalue weighted by atomic mass is 9.97. The van der Waals surface area contributed by atoms with Gasteiger partial charge in [0, 0.05) is 18.9 Å². The first-order chi connectivity index (χ1) is 11.6. The van der Waals surface area contributed by atoms with Crippen LogP contribution in [-0.2, 0) is 14.3 Å². The van der Waals surface area contributed by atoms with Crippen molar-refractivity contribution in [1.29, 1.82) is 0 Å². The Morgan fingerprint density at radius 2 is 1.79 bits per heavy atom. The van der Waals surface area contributed by atoms with Gasteiger partial charge in [0.05, 0.1) is 6.61 Å². The highest BCUT2D eigenvalue weighted by molar-refractivity contribution is 5.97. The van der Waals surface area contributed by atoms with E-state index in [2.05, 4.69) is 12.2 Å². The summed E-state index contributed by atoms with van der Waals surface area (Å²) in [5.74, 6) is 0.647. The summed E-state index contributed by atoms with van der Waals surface area (Å²) in [6.45, 7) is 10.1. The molecule has 1 rings (SSSR count). The van der Waals surface area contributed by atoms with Gasteiger partial charge in [-0.25, -0.2) is 0 Å². The second kappa shape index (κ2) is 11.0. The van der Waals surface area contributed by atoms with E-state index < -0.39 is 5.60 Å². The number of carbonyl (C=O) groups excluding carboxylic acids is 1. The summed E-state index contributed by atoms with van der Waals surface area (Å²) in [5, 5.41) is 2.94. The quantitative estimate of drug-likeness (QED) is 0.585. The molecular weight excluding hydrogens is 306 g/mol. The highest BCUT2D eigenvalue weighted by Crippen LogP contribution is 2.23. The number of ether oxygens (including phenoxy) is 3. The summed E-state index contributed by atoms with van der Waals surface area (Å²) in [6, 6.07) is 7.34. The zero-order valence-electron chi connectivity index (χ0n) is 15.4. The predicted molar refractivity (Wildman–Crippen MR) is 96.6 cm³/mol. The van der Waals surface area contributed by atoms with Gasteiger partial charge < -0.3 is 19.5 Å². The van der Waals surface area contributed by atoms with Crippen molar-refractivity contribution in [2.24, 2.45) is 0 Å². The third kappa shape index (κ3) is 6.89. The van der Waals surface area contributed by atoms with Crippen LogP contribution in [0, 0.1) is 0 Å². The van der Waals surface area contributed by atoms with Crippen LogP contribution in [0.5, 0.6) is 5.75 Å². The van der Waals surface area contributed by atoms with Crippen LogP contribution in [-0.4, -0.2) is 37.9 Å². The minimum absolute atomic E-state index is 0.109. The third-order valence-corrected chi connectivity index (χ3v) is 3.76. The Balaban J connectivity index is 2.58. The molecular formula is C19H31NO4. The highest BCUT2D eigenvalue weighted by atomic mass is 16.5. The van der Waals surface area contributed by atoms with Crippen molar-refractivity contribution < 1.29 is 19.0 Å². The lowest BCUT2D eigenvalue weighted by Gasteiger charge is -2.28. The smallest absolute Gasteiger partial charge is 0.256 e. The van der Waals surface area contributed by atoms with Crippen molar-refractivity contribution in [2.75, 3.05) is 31.7 Å². The Kier molecular flexibility index (Phi) is 9.42. The maximum absolute atomic E-state index is 12.6. The third-order valence-electron chi connectivity index (χ3n) is 3.76. The molecule has 5 nitrogen and oxygen atoms in total. The van der Waals surface area contributed by atoms with Gasteiger partial charge in [-0.3, -0.25) is 4.79 Å². The molecule has 0 aliphatic carbocycles. The number of hydrogen-bond donors (Lipinski definition) is 1. The number of unbranched alkanes of at least 4 members (excludes halogenated alkanes) is 1. The number of nitrogens with one attached hydrogen (secondary N) is 1. The first-order valence-corrected chi connectivity index (χ1v) is 8.81. The van der Waals surface area contributed by atoms with Crippen molar-refractivity contribution >= 4 is 11.6 Å². The molecule has 0 radical (unpaired) electrons. The van der Waals surface area contributed by atoms with Crippen LogP contribution in [0.3, 0.4) is 0 Å². The number of carbonyl (C=O) groups is 1. The normalized spacial score (nSPS) is 13.3. The van der Waals surface area contributed by atoms with Crippen molar-refractivity contribution in [3.05, 3.63) is 24.3 Å². The average Bonchev–Trinajstić information content (AvgIpc) is 2.58. The Morgan fingerprint density at radius 3 is 2.38 bits per heavy atom. The van der Waals surface area contributed by atoms with Crippen LogP contribution in [0.15, 0.2) is 24.3 Å². The fourth-order valence-electron chi connectivity index (χ4n) is 2.34. The van der Waals surface area contributed by atoms with Gasteiger partial charge in [-0.15, -0.1) is 0 Å². The van der Waals surface area contributed by atoms with Crippen molar-refractivity contribution in [3.8, 4) is 5.75 Å². The van der Waals surface area contributed by atoms with E-state index in [0.717, 1.165) is 24.3 Å². The van der Waals surface area contributed by atoms with E-state index >= 15 is 0 Å². The van der Waals surface area contributed by atoms with Crippen LogP contribution in [0.4, 0.5) is 5.69 Å². The zero-order valence-corrected chi connectivity index (χ0v) is 15.4. The maximum atomic E-state index is 12.6. The van der Waals surface area contributed by atoms with E-state index in [1.165, 1.54) is 0 Å². The molecule has 1 unspecified atom stereocenters. The van der Waals surface area contributed by atoms with Crippen LogP contribution in [0.1, 0.15) is 47.0 Å². The Bertz CT molecular complexity index is 475. The molecule has 0 aliphatic rings. The number of benzene rings is 1. The molecule has 0 saturated carbocycles. The molecule has 0 bridgehead atoms. The number of amides is 1. The molecule has 1 amide bonds. The highest BCUT2D eigenvalue weighted by Gasteiger charge is 2.33. The molecule has 24 heavy (non-hydrogen) atoms. The molecule has 0 aromatic heterocycles. The van der Waals surface area contributed by atoms with Gasteiger partial charge in [-0.1, -0.05) is 19.8 Å². The van der Waals surface area contributed by atoms with Gasteiger partial charge >= 0.3 is 0 Å². The second-order valence-corrected chi connectivity index (χ2v) is 5.79. The summed E-state index contributed by atoms with van der Waals surface area (Å²) < 4.78 is 16.5. The Hall–Kier alpha value is -1.59. The first kappa shape index (κ1) is 20.5. The van der Waals surface area contributed by atoms with Gasteiger partial charge in [0.15, 0.2) is 0 Å². The van der Waals surface area contributed by atoms with Crippen molar-refractivity contribution in [2.45, 2.75) is 52.6 Å². The number of hydrogen-bond acceptors (Lipinski definition) is 4. The lowest BCUT2D eigenvalue weighted by Crippen LogP contribution is -2.42. The van der Waals surface area contributed by atoms with Crippen LogP contribution < -0.4 is 10.1 Å². The lowest BCUT2D eigenvalue weighted by molar-refractivity contribution is -0.139. The summed E-state index contributed by atoms with van der Waals surface area (Å²) in [4.78, 5) is 12.6. The van der Waals surface area contributed by atoms with E-state index in [4.69, 9.17) is 14.2 Å². The molecule has 1 aromatic carbocycles. The van der Waals surface area contributed by atoms with E-state index in [1.54, 1.807) is 0 Å². The number of anilines is 1. The standard InChI is InChI=1S/C19H31NO4/c1-5-8-13-19(4,24-7-3)18(21)20-16-9-11-17(12-10-16)23-15-14-22-6-2/h9-12H,5-8,13-15H2,1-4H3,(H,20,21). The molecule has 1 atom stereocenters. The molecule has 1 aromatic rings. The first-order valence-electron chi connectivity index (χ1n) is 8.81. The summed E-state index contributed by atoms with van der Waals surface area (Å²) in [7, 11) is 0. The molecule has 0 heterocycles. The predicted octanol–water partition coefficient (Wildman–Crippen LogP) is 4.03. The van der Waals surface area contributed by atoms with Crippen LogP contribution in [0.2, 0.25) is 0 Å². The molecule has 0 fully saturated rings. The van der Waals surface area contributed by atoms with Crippen molar-refractivity contribution in [1.82, 2.24) is 0 Å². The minimum atomic E-state index is -0.794. The van der Waals surface area contributed by atoms with E-state index in [-0.39, 0.29) is 5.91 Å². The largest absolute Gasteiger partial charge is 0.491 e.